The summed E-state index contributed by atoms with van der Waals surface area (Å²) in [6, 6.07) is 13.3. The molecule has 2 aromatic carbocycles. The molecule has 0 spiro atoms. The number of esters is 1. The molecule has 0 bridgehead atoms. The molecule has 10 heteroatoms. The Morgan fingerprint density at radius 3 is 2.23 bits per heavy atom. The van der Waals surface area contributed by atoms with Crippen LogP contribution in [0.1, 0.15) is 36.2 Å². The van der Waals surface area contributed by atoms with Crippen LogP contribution in [0.4, 0.5) is 0 Å². The number of benzene rings is 2. The van der Waals surface area contributed by atoms with Gasteiger partial charge in [0.25, 0.3) is 0 Å². The van der Waals surface area contributed by atoms with Crippen LogP contribution >= 0.6 is 20.0 Å². The molecule has 0 aliphatic heterocycles. The zero-order valence-corrected chi connectivity index (χ0v) is 19.2. The van der Waals surface area contributed by atoms with Gasteiger partial charge in [-0.15, -0.1) is 0 Å². The molecule has 0 aliphatic carbocycles. The van der Waals surface area contributed by atoms with Crippen LogP contribution in [0.15, 0.2) is 48.5 Å². The fraction of sp³-hybridized carbons (Fsp3) is 0.333. The SMILES string of the molecule is CCOP(=O)(OCC)OCCCOc1ccccc1C(=O)Oc1ccc(C(N)=S)cc1. The lowest BCUT2D eigenvalue weighted by Gasteiger charge is -2.16. The Kier molecular flexibility index (Phi) is 10.1. The standard InChI is InChI=1S/C21H26NO7PS/c1-3-26-30(24,27-4-2)28-15-7-14-25-19-9-6-5-8-18(19)21(23)29-17-12-10-16(11-13-17)20(22)31/h5-6,8-13H,3-4,7,14-15H2,1-2H3,(H2,22,31). The minimum Gasteiger partial charge on any atom is -0.493 e. The minimum atomic E-state index is -3.55. The highest BCUT2D eigenvalue weighted by atomic mass is 32.1. The van der Waals surface area contributed by atoms with Crippen molar-refractivity contribution in [2.24, 2.45) is 5.73 Å². The third kappa shape index (κ3) is 8.05. The van der Waals surface area contributed by atoms with Crippen LogP contribution in [0.5, 0.6) is 11.5 Å². The summed E-state index contributed by atoms with van der Waals surface area (Å²) in [4.78, 5) is 12.8. The minimum absolute atomic E-state index is 0.110. The van der Waals surface area contributed by atoms with Gasteiger partial charge >= 0.3 is 13.8 Å². The molecule has 0 heterocycles. The first kappa shape index (κ1) is 25.0. The summed E-state index contributed by atoms with van der Waals surface area (Å²) < 4.78 is 38.7. The lowest BCUT2D eigenvalue weighted by molar-refractivity contribution is 0.0730. The largest absolute Gasteiger partial charge is 0.493 e. The van der Waals surface area contributed by atoms with Crippen molar-refractivity contribution in [3.8, 4) is 11.5 Å². The predicted molar refractivity (Wildman–Crippen MR) is 121 cm³/mol. The first-order valence-electron chi connectivity index (χ1n) is 9.76. The van der Waals surface area contributed by atoms with Crippen molar-refractivity contribution in [1.29, 1.82) is 0 Å². The van der Waals surface area contributed by atoms with E-state index in [9.17, 15) is 9.36 Å². The average molecular weight is 467 g/mol. The number of carbonyl (C=O) groups is 1. The van der Waals surface area contributed by atoms with E-state index >= 15 is 0 Å². The van der Waals surface area contributed by atoms with Crippen molar-refractivity contribution in [3.63, 3.8) is 0 Å². The number of rotatable bonds is 13. The van der Waals surface area contributed by atoms with E-state index in [-0.39, 0.29) is 37.0 Å². The third-order valence-electron chi connectivity index (χ3n) is 3.83. The fourth-order valence-corrected chi connectivity index (χ4v) is 3.80. The first-order valence-corrected chi connectivity index (χ1v) is 11.6. The van der Waals surface area contributed by atoms with Gasteiger partial charge in [-0.3, -0.25) is 13.6 Å². The summed E-state index contributed by atoms with van der Waals surface area (Å²) in [5, 5.41) is 0. The molecule has 0 aromatic heterocycles. The predicted octanol–water partition coefficient (Wildman–Crippen LogP) is 4.51. The van der Waals surface area contributed by atoms with Gasteiger partial charge in [-0.05, 0) is 50.2 Å². The van der Waals surface area contributed by atoms with Gasteiger partial charge in [-0.25, -0.2) is 9.36 Å². The molecule has 0 amide bonds. The van der Waals surface area contributed by atoms with E-state index in [2.05, 4.69) is 0 Å². The average Bonchev–Trinajstić information content (AvgIpc) is 2.74. The Balaban J connectivity index is 1.90. The van der Waals surface area contributed by atoms with Gasteiger partial charge in [-0.2, -0.15) is 0 Å². The molecule has 0 saturated carbocycles. The van der Waals surface area contributed by atoms with Crippen LogP contribution in [-0.2, 0) is 18.1 Å². The van der Waals surface area contributed by atoms with Crippen molar-refractivity contribution in [3.05, 3.63) is 59.7 Å². The second-order valence-electron chi connectivity index (χ2n) is 6.09. The Hall–Kier alpha value is -2.29. The number of para-hydroxylation sites is 1. The number of hydrogen-bond donors (Lipinski definition) is 1. The number of phosphoric acid groups is 1. The number of phosphoric ester groups is 1. The number of ether oxygens (including phenoxy) is 2. The molecular weight excluding hydrogens is 441 g/mol. The normalized spacial score (nSPS) is 11.2. The monoisotopic (exact) mass is 467 g/mol. The lowest BCUT2D eigenvalue weighted by Crippen LogP contribution is -2.12. The van der Waals surface area contributed by atoms with E-state index in [1.807, 2.05) is 0 Å². The van der Waals surface area contributed by atoms with E-state index in [1.54, 1.807) is 62.4 Å². The maximum absolute atomic E-state index is 12.6. The van der Waals surface area contributed by atoms with E-state index < -0.39 is 13.8 Å². The Labute approximate surface area is 187 Å². The van der Waals surface area contributed by atoms with Crippen molar-refractivity contribution < 1.29 is 32.4 Å². The summed E-state index contributed by atoms with van der Waals surface area (Å²) in [6.07, 6.45) is 0.411. The lowest BCUT2D eigenvalue weighted by atomic mass is 10.2. The summed E-state index contributed by atoms with van der Waals surface area (Å²) in [5.74, 6) is 0.160. The second-order valence-corrected chi connectivity index (χ2v) is 8.20. The van der Waals surface area contributed by atoms with E-state index in [1.165, 1.54) is 0 Å². The van der Waals surface area contributed by atoms with Crippen LogP contribution in [0.2, 0.25) is 0 Å². The number of carbonyl (C=O) groups excluding carboxylic acids is 1. The smallest absolute Gasteiger partial charge is 0.474 e. The highest BCUT2D eigenvalue weighted by Crippen LogP contribution is 2.49. The fourth-order valence-electron chi connectivity index (χ4n) is 2.46. The number of thiocarbonyl (C=S) groups is 1. The summed E-state index contributed by atoms with van der Waals surface area (Å²) in [6.45, 7) is 4.17. The van der Waals surface area contributed by atoms with Crippen molar-refractivity contribution in [2.75, 3.05) is 26.4 Å². The highest BCUT2D eigenvalue weighted by molar-refractivity contribution is 7.80. The maximum atomic E-state index is 12.6. The van der Waals surface area contributed by atoms with Gasteiger partial charge in [0.05, 0.1) is 26.4 Å². The highest BCUT2D eigenvalue weighted by Gasteiger charge is 2.24. The van der Waals surface area contributed by atoms with Gasteiger partial charge in [0.1, 0.15) is 22.1 Å². The topological polar surface area (TPSA) is 106 Å². The van der Waals surface area contributed by atoms with E-state index in [4.69, 9.17) is 41.0 Å². The molecule has 8 nitrogen and oxygen atoms in total. The molecule has 0 aliphatic rings. The molecule has 0 unspecified atom stereocenters. The zero-order valence-electron chi connectivity index (χ0n) is 17.4. The molecule has 0 saturated heterocycles. The number of nitrogens with two attached hydrogens (primary N) is 1. The van der Waals surface area contributed by atoms with Crippen molar-refractivity contribution in [1.82, 2.24) is 0 Å². The Morgan fingerprint density at radius 1 is 0.968 bits per heavy atom. The van der Waals surface area contributed by atoms with Gasteiger partial charge in [-0.1, -0.05) is 24.4 Å². The van der Waals surface area contributed by atoms with Crippen LogP contribution in [0.3, 0.4) is 0 Å². The molecule has 2 rings (SSSR count). The second kappa shape index (κ2) is 12.5. The summed E-state index contributed by atoms with van der Waals surface area (Å²) in [5.41, 5.74) is 6.52. The zero-order chi connectivity index (χ0) is 22.7. The van der Waals surface area contributed by atoms with Gasteiger partial charge in [0.15, 0.2) is 0 Å². The van der Waals surface area contributed by atoms with Crippen LogP contribution in [-0.4, -0.2) is 37.4 Å². The van der Waals surface area contributed by atoms with Crippen LogP contribution in [0, 0.1) is 0 Å². The first-order chi connectivity index (χ1) is 14.9. The third-order valence-corrected chi connectivity index (χ3v) is 5.71. The van der Waals surface area contributed by atoms with Gasteiger partial charge < -0.3 is 15.2 Å². The van der Waals surface area contributed by atoms with E-state index in [0.717, 1.165) is 0 Å². The van der Waals surface area contributed by atoms with Gasteiger partial charge in [0, 0.05) is 12.0 Å². The van der Waals surface area contributed by atoms with E-state index in [0.29, 0.717) is 23.5 Å². The van der Waals surface area contributed by atoms with Crippen LogP contribution in [0.25, 0.3) is 0 Å². The van der Waals surface area contributed by atoms with Crippen LogP contribution < -0.4 is 15.2 Å². The van der Waals surface area contributed by atoms with Crippen molar-refractivity contribution in [2.45, 2.75) is 20.3 Å². The molecule has 0 atom stereocenters. The molecule has 2 N–H and O–H groups in total. The Bertz CT molecular complexity index is 910. The van der Waals surface area contributed by atoms with Gasteiger partial charge in [0.2, 0.25) is 0 Å². The maximum Gasteiger partial charge on any atom is 0.474 e. The quantitative estimate of drug-likeness (QED) is 0.150. The summed E-state index contributed by atoms with van der Waals surface area (Å²) >= 11 is 4.91. The molecule has 0 fully saturated rings. The molecule has 0 radical (unpaired) electrons. The van der Waals surface area contributed by atoms with Crippen molar-refractivity contribution >= 4 is 31.0 Å². The molecular formula is C21H26NO7PS. The molecule has 168 valence electrons. The molecule has 31 heavy (non-hydrogen) atoms. The summed E-state index contributed by atoms with van der Waals surface area (Å²) in [7, 11) is -3.55. The number of hydrogen-bond acceptors (Lipinski definition) is 8. The Morgan fingerprint density at radius 2 is 1.61 bits per heavy atom. The molecule has 2 aromatic rings.